The highest BCUT2D eigenvalue weighted by Crippen LogP contribution is 2.21. The Morgan fingerprint density at radius 3 is 2.60 bits per heavy atom. The van der Waals surface area contributed by atoms with Crippen LogP contribution in [-0.2, 0) is 11.2 Å². The van der Waals surface area contributed by atoms with Crippen LogP contribution in [0.4, 0.5) is 0 Å². The summed E-state index contributed by atoms with van der Waals surface area (Å²) in [7, 11) is 4.01. The third-order valence-electron chi connectivity index (χ3n) is 4.26. The van der Waals surface area contributed by atoms with Gasteiger partial charge in [-0.05, 0) is 32.1 Å². The van der Waals surface area contributed by atoms with E-state index in [1.165, 1.54) is 0 Å². The number of aryl methyl sites for hydroxylation is 1. The third kappa shape index (κ3) is 3.19. The molecule has 2 unspecified atom stereocenters. The molecule has 0 bridgehead atoms. The summed E-state index contributed by atoms with van der Waals surface area (Å²) < 4.78 is 0. The van der Waals surface area contributed by atoms with Crippen LogP contribution in [-0.4, -0.2) is 60.6 Å². The van der Waals surface area contributed by atoms with Gasteiger partial charge in [-0.3, -0.25) is 4.79 Å². The van der Waals surface area contributed by atoms with Crippen LogP contribution in [0.2, 0.25) is 0 Å². The Hall–Kier alpha value is -1.39. The Morgan fingerprint density at radius 2 is 2.05 bits per heavy atom. The first kappa shape index (κ1) is 15.0. The van der Waals surface area contributed by atoms with Crippen molar-refractivity contribution in [3.63, 3.8) is 0 Å². The van der Waals surface area contributed by atoms with E-state index in [4.69, 9.17) is 0 Å². The molecule has 1 N–H and O–H groups in total. The van der Waals surface area contributed by atoms with Crippen LogP contribution >= 0.6 is 0 Å². The topological polar surface area (TPSA) is 43.8 Å². The summed E-state index contributed by atoms with van der Waals surface area (Å²) in [5, 5.41) is 9.45. The van der Waals surface area contributed by atoms with E-state index in [1.54, 1.807) is 0 Å². The number of aliphatic hydroxyl groups is 1. The summed E-state index contributed by atoms with van der Waals surface area (Å²) in [6, 6.07) is 8.25. The van der Waals surface area contributed by atoms with Crippen molar-refractivity contribution in [2.45, 2.75) is 19.4 Å². The number of carbonyl (C=O) groups excluding carboxylic acids is 1. The molecule has 1 aliphatic rings. The minimum Gasteiger partial charge on any atom is -0.396 e. The molecule has 0 saturated carbocycles. The first-order valence-electron chi connectivity index (χ1n) is 7.12. The molecule has 1 amide bonds. The molecule has 4 nitrogen and oxygen atoms in total. The van der Waals surface area contributed by atoms with Crippen molar-refractivity contribution >= 4 is 5.91 Å². The molecule has 2 rings (SSSR count). The molecule has 0 aromatic heterocycles. The summed E-state index contributed by atoms with van der Waals surface area (Å²) in [6.07, 6.45) is 0.449. The van der Waals surface area contributed by atoms with E-state index >= 15 is 0 Å². The molecule has 4 heteroatoms. The fraction of sp³-hybridized carbons (Fsp3) is 0.562. The maximum atomic E-state index is 12.4. The van der Waals surface area contributed by atoms with Crippen LogP contribution in [0.25, 0.3) is 0 Å². The van der Waals surface area contributed by atoms with Crippen LogP contribution in [0.15, 0.2) is 24.3 Å². The van der Waals surface area contributed by atoms with Crippen LogP contribution in [0.3, 0.4) is 0 Å². The number of benzene rings is 1. The molecule has 110 valence electrons. The largest absolute Gasteiger partial charge is 0.396 e. The molecule has 1 aromatic rings. The van der Waals surface area contributed by atoms with E-state index < -0.39 is 0 Å². The van der Waals surface area contributed by atoms with Gasteiger partial charge in [0, 0.05) is 31.7 Å². The fourth-order valence-electron chi connectivity index (χ4n) is 2.91. The van der Waals surface area contributed by atoms with Gasteiger partial charge < -0.3 is 14.9 Å². The average Bonchev–Trinajstić information content (AvgIpc) is 2.86. The third-order valence-corrected chi connectivity index (χ3v) is 4.26. The highest BCUT2D eigenvalue weighted by atomic mass is 16.3. The van der Waals surface area contributed by atoms with Crippen molar-refractivity contribution in [2.24, 2.45) is 5.92 Å². The highest BCUT2D eigenvalue weighted by Gasteiger charge is 2.35. The Morgan fingerprint density at radius 1 is 1.35 bits per heavy atom. The average molecular weight is 276 g/mol. The van der Waals surface area contributed by atoms with Crippen LogP contribution in [0.1, 0.15) is 11.1 Å². The van der Waals surface area contributed by atoms with E-state index in [0.717, 1.165) is 11.1 Å². The molecule has 20 heavy (non-hydrogen) atoms. The van der Waals surface area contributed by atoms with Gasteiger partial charge in [0.25, 0.3) is 0 Å². The van der Waals surface area contributed by atoms with E-state index in [-0.39, 0.29) is 24.5 Å². The Bertz CT molecular complexity index is 473. The lowest BCUT2D eigenvalue weighted by atomic mass is 10.0. The number of rotatable bonds is 4. The molecule has 1 fully saturated rings. The minimum atomic E-state index is 0.136. The molecule has 0 aliphatic carbocycles. The number of aliphatic hydroxyl groups excluding tert-OH is 1. The number of carbonyl (C=O) groups is 1. The number of likely N-dealkylation sites (tertiary alicyclic amines) is 1. The molecule has 1 aliphatic heterocycles. The molecular formula is C16H24N2O2. The minimum absolute atomic E-state index is 0.136. The zero-order chi connectivity index (χ0) is 14.7. The molecule has 0 spiro atoms. The lowest BCUT2D eigenvalue weighted by Gasteiger charge is -2.23. The summed E-state index contributed by atoms with van der Waals surface area (Å²) in [5.41, 5.74) is 2.24. The van der Waals surface area contributed by atoms with Gasteiger partial charge in [-0.15, -0.1) is 0 Å². The molecule has 0 radical (unpaired) electrons. The SMILES string of the molecule is Cc1ccccc1CC(=O)N1CC(CO)C(N(C)C)C1. The first-order chi connectivity index (χ1) is 9.52. The van der Waals surface area contributed by atoms with Gasteiger partial charge in [0.15, 0.2) is 0 Å². The maximum absolute atomic E-state index is 12.4. The zero-order valence-corrected chi connectivity index (χ0v) is 12.5. The van der Waals surface area contributed by atoms with Crippen LogP contribution < -0.4 is 0 Å². The summed E-state index contributed by atoms with van der Waals surface area (Å²) in [5.74, 6) is 0.313. The fourth-order valence-corrected chi connectivity index (χ4v) is 2.91. The van der Waals surface area contributed by atoms with Crippen LogP contribution in [0.5, 0.6) is 0 Å². The van der Waals surface area contributed by atoms with Crippen molar-refractivity contribution in [2.75, 3.05) is 33.8 Å². The van der Waals surface area contributed by atoms with E-state index in [1.807, 2.05) is 50.2 Å². The van der Waals surface area contributed by atoms with Crippen molar-refractivity contribution < 1.29 is 9.90 Å². The Balaban J connectivity index is 2.02. The van der Waals surface area contributed by atoms with Gasteiger partial charge in [0.1, 0.15) is 0 Å². The lowest BCUT2D eigenvalue weighted by molar-refractivity contribution is -0.129. The van der Waals surface area contributed by atoms with Gasteiger partial charge >= 0.3 is 0 Å². The predicted octanol–water partition coefficient (Wildman–Crippen LogP) is 0.918. The number of hydrogen-bond donors (Lipinski definition) is 1. The second-order valence-corrected chi connectivity index (χ2v) is 5.88. The van der Waals surface area contributed by atoms with E-state index in [9.17, 15) is 9.90 Å². The number of nitrogens with zero attached hydrogens (tertiary/aromatic N) is 2. The van der Waals surface area contributed by atoms with Crippen molar-refractivity contribution in [1.82, 2.24) is 9.80 Å². The summed E-state index contributed by atoms with van der Waals surface area (Å²) in [6.45, 7) is 3.54. The molecule has 1 heterocycles. The number of amides is 1. The molecular weight excluding hydrogens is 252 g/mol. The van der Waals surface area contributed by atoms with Crippen molar-refractivity contribution in [3.05, 3.63) is 35.4 Å². The molecule has 1 saturated heterocycles. The summed E-state index contributed by atoms with van der Waals surface area (Å²) in [4.78, 5) is 16.4. The lowest BCUT2D eigenvalue weighted by Crippen LogP contribution is -2.37. The second-order valence-electron chi connectivity index (χ2n) is 5.88. The van der Waals surface area contributed by atoms with E-state index in [0.29, 0.717) is 19.5 Å². The Labute approximate surface area is 121 Å². The van der Waals surface area contributed by atoms with Crippen LogP contribution in [0, 0.1) is 12.8 Å². The number of likely N-dealkylation sites (N-methyl/N-ethyl adjacent to an activating group) is 1. The predicted molar refractivity (Wildman–Crippen MR) is 79.5 cm³/mol. The zero-order valence-electron chi connectivity index (χ0n) is 12.5. The van der Waals surface area contributed by atoms with E-state index in [2.05, 4.69) is 4.90 Å². The van der Waals surface area contributed by atoms with Gasteiger partial charge in [-0.1, -0.05) is 24.3 Å². The Kier molecular flexibility index (Phi) is 4.78. The second kappa shape index (κ2) is 6.37. The smallest absolute Gasteiger partial charge is 0.227 e. The molecule has 1 aromatic carbocycles. The normalized spacial score (nSPS) is 22.6. The molecule has 2 atom stereocenters. The van der Waals surface area contributed by atoms with Crippen molar-refractivity contribution in [3.8, 4) is 0 Å². The van der Waals surface area contributed by atoms with Gasteiger partial charge in [-0.25, -0.2) is 0 Å². The quantitative estimate of drug-likeness (QED) is 0.889. The van der Waals surface area contributed by atoms with Crippen molar-refractivity contribution in [1.29, 1.82) is 0 Å². The summed E-state index contributed by atoms with van der Waals surface area (Å²) >= 11 is 0. The maximum Gasteiger partial charge on any atom is 0.227 e. The highest BCUT2D eigenvalue weighted by molar-refractivity contribution is 5.79. The van der Waals surface area contributed by atoms with Gasteiger partial charge in [-0.2, -0.15) is 0 Å². The monoisotopic (exact) mass is 276 g/mol. The first-order valence-corrected chi connectivity index (χ1v) is 7.12. The van der Waals surface area contributed by atoms with Gasteiger partial charge in [0.05, 0.1) is 6.42 Å². The number of hydrogen-bond acceptors (Lipinski definition) is 3. The standard InChI is InChI=1S/C16H24N2O2/c1-12-6-4-5-7-13(12)8-16(20)18-9-14(11-19)15(10-18)17(2)3/h4-7,14-15,19H,8-11H2,1-3H3. The van der Waals surface area contributed by atoms with Gasteiger partial charge in [0.2, 0.25) is 5.91 Å².